The Kier molecular flexibility index (Phi) is 6.69. The Morgan fingerprint density at radius 2 is 0.571 bits per heavy atom. The average molecular weight is 434 g/mol. The highest BCUT2D eigenvalue weighted by atomic mass is 19.2. The summed E-state index contributed by atoms with van der Waals surface area (Å²) in [4.78, 5) is 30.2. The lowest BCUT2D eigenvalue weighted by Crippen LogP contribution is -2.57. The van der Waals surface area contributed by atoms with E-state index in [1.807, 2.05) is 0 Å². The summed E-state index contributed by atoms with van der Waals surface area (Å²) in [7, 11) is 0. The number of halogens is 10. The van der Waals surface area contributed by atoms with E-state index in [-0.39, 0.29) is 0 Å². The molecular weight excluding hydrogens is 422 g/mol. The van der Waals surface area contributed by atoms with E-state index in [4.69, 9.17) is 0 Å². The van der Waals surface area contributed by atoms with Crippen LogP contribution in [0.3, 0.4) is 0 Å². The molecule has 2 aliphatic carbocycles. The van der Waals surface area contributed by atoms with Crippen molar-refractivity contribution in [3.05, 3.63) is 0 Å². The predicted octanol–water partition coefficient (Wildman–Crippen LogP) is 2.63. The Hall–Kier alpha value is -1.76. The van der Waals surface area contributed by atoms with Crippen LogP contribution in [-0.2, 0) is 19.4 Å². The van der Waals surface area contributed by atoms with Gasteiger partial charge in [-0.3, -0.25) is 0 Å². The highest BCUT2D eigenvalue weighted by Gasteiger charge is 2.59. The lowest BCUT2D eigenvalue weighted by molar-refractivity contribution is -0.275. The van der Waals surface area contributed by atoms with E-state index in [2.05, 4.69) is 9.78 Å². The minimum absolute atomic E-state index is 2.29. The highest BCUT2D eigenvalue weighted by molar-refractivity contribution is 5.77. The molecule has 2 saturated carbocycles. The van der Waals surface area contributed by atoms with Crippen LogP contribution in [0.2, 0.25) is 0 Å². The third-order valence-electron chi connectivity index (χ3n) is 4.56. The summed E-state index contributed by atoms with van der Waals surface area (Å²) in [5.74, 6) is -10.5. The summed E-state index contributed by atoms with van der Waals surface area (Å²) >= 11 is 0. The van der Waals surface area contributed by atoms with Gasteiger partial charge in [-0.05, 0) is 0 Å². The van der Waals surface area contributed by atoms with Gasteiger partial charge in [-0.15, -0.1) is 0 Å². The van der Waals surface area contributed by atoms with Gasteiger partial charge in [0.15, 0.2) is 61.7 Å². The fraction of sp³-hybridized carbons (Fsp3) is 0.857. The minimum atomic E-state index is -3.28. The molecular formula is C14H12F10O4. The Balaban J connectivity index is 2.04. The molecule has 2 rings (SSSR count). The van der Waals surface area contributed by atoms with E-state index >= 15 is 0 Å². The van der Waals surface area contributed by atoms with E-state index in [1.54, 1.807) is 0 Å². The summed E-state index contributed by atoms with van der Waals surface area (Å²) in [5, 5.41) is 0. The van der Waals surface area contributed by atoms with Crippen molar-refractivity contribution in [1.29, 1.82) is 0 Å². The number of hydrogen-bond acceptors (Lipinski definition) is 4. The van der Waals surface area contributed by atoms with Crippen molar-refractivity contribution in [2.24, 2.45) is 11.8 Å². The van der Waals surface area contributed by atoms with Gasteiger partial charge in [0.2, 0.25) is 0 Å². The number of carbonyl (C=O) groups is 2. The van der Waals surface area contributed by atoms with Gasteiger partial charge in [0.25, 0.3) is 0 Å². The van der Waals surface area contributed by atoms with Crippen molar-refractivity contribution in [1.82, 2.24) is 0 Å². The van der Waals surface area contributed by atoms with Crippen LogP contribution in [0.15, 0.2) is 0 Å². The molecule has 0 aromatic heterocycles. The zero-order valence-corrected chi connectivity index (χ0v) is 13.3. The van der Waals surface area contributed by atoms with Gasteiger partial charge in [-0.2, -0.15) is 0 Å². The van der Waals surface area contributed by atoms with Gasteiger partial charge >= 0.3 is 11.9 Å². The fourth-order valence-corrected chi connectivity index (χ4v) is 2.91. The average Bonchev–Trinajstić information content (AvgIpc) is 2.66. The maximum absolute atomic E-state index is 13.6. The maximum Gasteiger partial charge on any atom is 0.364 e. The lowest BCUT2D eigenvalue weighted by Gasteiger charge is -2.35. The van der Waals surface area contributed by atoms with Crippen molar-refractivity contribution < 1.29 is 63.3 Å². The number of rotatable bonds is 2. The maximum atomic E-state index is 13.6. The number of hydrogen-bond donors (Lipinski definition) is 0. The zero-order chi connectivity index (χ0) is 21.5. The number of alkyl halides is 10. The summed E-state index contributed by atoms with van der Waals surface area (Å²) in [5.41, 5.74) is 0. The van der Waals surface area contributed by atoms with Crippen LogP contribution < -0.4 is 0 Å². The molecule has 14 heteroatoms. The Bertz CT molecular complexity index is 514. The van der Waals surface area contributed by atoms with Crippen LogP contribution in [-0.4, -0.2) is 73.7 Å². The van der Waals surface area contributed by atoms with Crippen LogP contribution in [0, 0.1) is 11.8 Å². The fourth-order valence-electron chi connectivity index (χ4n) is 2.91. The molecule has 28 heavy (non-hydrogen) atoms. The molecule has 4 nitrogen and oxygen atoms in total. The smallest absolute Gasteiger partial charge is 0.247 e. The summed E-state index contributed by atoms with van der Waals surface area (Å²) in [6, 6.07) is 0. The van der Waals surface area contributed by atoms with Gasteiger partial charge in [0, 0.05) is 0 Å². The second-order valence-electron chi connectivity index (χ2n) is 6.30. The highest BCUT2D eigenvalue weighted by Crippen LogP contribution is 2.38. The second kappa shape index (κ2) is 8.31. The molecule has 0 aromatic carbocycles. The predicted molar refractivity (Wildman–Crippen MR) is 68.1 cm³/mol. The van der Waals surface area contributed by atoms with Crippen LogP contribution in [0.25, 0.3) is 0 Å². The molecule has 0 heterocycles. The molecule has 0 spiro atoms. The quantitative estimate of drug-likeness (QED) is 0.381. The van der Waals surface area contributed by atoms with Gasteiger partial charge in [0.05, 0.1) is 0 Å². The van der Waals surface area contributed by atoms with Crippen molar-refractivity contribution >= 4 is 11.9 Å². The van der Waals surface area contributed by atoms with Crippen molar-refractivity contribution in [2.75, 3.05) is 0 Å². The Morgan fingerprint density at radius 1 is 0.393 bits per heavy atom. The molecule has 162 valence electrons. The SMILES string of the molecule is O=C(OOC(=O)C1C(F)C(F)C(F)C(F)C1F)C1C(F)C(F)C(F)C(F)C1F. The molecule has 0 bridgehead atoms. The summed E-state index contributed by atoms with van der Waals surface area (Å²) in [6.45, 7) is 0. The summed E-state index contributed by atoms with van der Waals surface area (Å²) < 4.78 is 133. The molecule has 0 aliphatic heterocycles. The third-order valence-corrected chi connectivity index (χ3v) is 4.56. The van der Waals surface area contributed by atoms with Gasteiger partial charge < -0.3 is 0 Å². The number of carbonyl (C=O) groups excluding carboxylic acids is 2. The van der Waals surface area contributed by atoms with Gasteiger partial charge in [-0.25, -0.2) is 63.3 Å². The second-order valence-corrected chi connectivity index (χ2v) is 6.30. The molecule has 2 aliphatic rings. The van der Waals surface area contributed by atoms with Crippen molar-refractivity contribution in [3.8, 4) is 0 Å². The van der Waals surface area contributed by atoms with Gasteiger partial charge in [-0.1, -0.05) is 0 Å². The molecule has 8 atom stereocenters. The molecule has 2 fully saturated rings. The van der Waals surface area contributed by atoms with E-state index in [0.29, 0.717) is 0 Å². The van der Waals surface area contributed by atoms with Crippen molar-refractivity contribution in [2.45, 2.75) is 61.7 Å². The van der Waals surface area contributed by atoms with Crippen LogP contribution in [0.4, 0.5) is 43.9 Å². The summed E-state index contributed by atoms with van der Waals surface area (Å²) in [6.07, 6.45) is -32.7. The van der Waals surface area contributed by atoms with E-state index in [9.17, 15) is 53.5 Å². The lowest BCUT2D eigenvalue weighted by atomic mass is 9.82. The van der Waals surface area contributed by atoms with Gasteiger partial charge in [0.1, 0.15) is 11.8 Å². The van der Waals surface area contributed by atoms with Crippen LogP contribution in [0.5, 0.6) is 0 Å². The first-order chi connectivity index (χ1) is 12.9. The monoisotopic (exact) mass is 434 g/mol. The standard InChI is InChI=1S/C14H12F10O4/c15-3-1(4(16)8(20)11(23)7(3)19)13(25)27-28-14(26)2-5(17)9(21)12(24)10(22)6(2)18/h1-12H. The first-order valence-corrected chi connectivity index (χ1v) is 7.74. The zero-order valence-electron chi connectivity index (χ0n) is 13.3. The normalized spacial score (nSPS) is 49.4. The minimum Gasteiger partial charge on any atom is -0.247 e. The third kappa shape index (κ3) is 3.73. The Morgan fingerprint density at radius 3 is 0.786 bits per heavy atom. The van der Waals surface area contributed by atoms with E-state index in [1.165, 1.54) is 0 Å². The molecule has 0 N–H and O–H groups in total. The molecule has 0 radical (unpaired) electrons. The largest absolute Gasteiger partial charge is 0.364 e. The topological polar surface area (TPSA) is 52.6 Å². The van der Waals surface area contributed by atoms with Crippen LogP contribution in [0.1, 0.15) is 0 Å². The molecule has 0 aromatic rings. The van der Waals surface area contributed by atoms with E-state index < -0.39 is 85.5 Å². The van der Waals surface area contributed by atoms with Crippen LogP contribution >= 0.6 is 0 Å². The van der Waals surface area contributed by atoms with E-state index in [0.717, 1.165) is 0 Å². The molecule has 0 saturated heterocycles. The Labute approximate surface area is 150 Å². The first kappa shape index (κ1) is 22.5. The molecule has 8 unspecified atom stereocenters. The first-order valence-electron chi connectivity index (χ1n) is 7.74. The van der Waals surface area contributed by atoms with Crippen molar-refractivity contribution in [3.63, 3.8) is 0 Å². The molecule has 0 amide bonds.